The zero-order valence-electron chi connectivity index (χ0n) is 10.0. The van der Waals surface area contributed by atoms with Gasteiger partial charge in [-0.3, -0.25) is 10.1 Å². The first kappa shape index (κ1) is 13.7. The molecule has 0 amide bonds. The summed E-state index contributed by atoms with van der Waals surface area (Å²) in [6.45, 7) is 1.49. The molecule has 0 spiro atoms. The third kappa shape index (κ3) is 3.90. The molecular weight excluding hydrogens is 268 g/mol. The number of nitro groups is 1. The Balaban J connectivity index is 1.84. The van der Waals surface area contributed by atoms with Gasteiger partial charge >= 0.3 is 0 Å². The highest BCUT2D eigenvalue weighted by Crippen LogP contribution is 2.23. The van der Waals surface area contributed by atoms with Crippen LogP contribution in [0, 0.1) is 10.1 Å². The molecule has 0 aromatic heterocycles. The van der Waals surface area contributed by atoms with E-state index in [0.717, 1.165) is 12.1 Å². The third-order valence-electron chi connectivity index (χ3n) is 2.76. The molecule has 1 heterocycles. The molecule has 1 aliphatic rings. The molecule has 0 aliphatic carbocycles. The molecule has 1 N–H and O–H groups in total. The first-order valence-corrected chi connectivity index (χ1v) is 8.10. The highest BCUT2D eigenvalue weighted by molar-refractivity contribution is 8.06. The molecule has 1 atom stereocenters. The van der Waals surface area contributed by atoms with Crippen LogP contribution in [-0.4, -0.2) is 34.0 Å². The molecule has 1 aliphatic heterocycles. The molecule has 0 saturated carbocycles. The Bertz CT molecular complexity index is 409. The van der Waals surface area contributed by atoms with E-state index in [1.54, 1.807) is 12.1 Å². The van der Waals surface area contributed by atoms with Gasteiger partial charge in [0.05, 0.1) is 4.92 Å². The van der Waals surface area contributed by atoms with Gasteiger partial charge in [-0.1, -0.05) is 18.2 Å². The number of hydrogen-bond acceptors (Lipinski definition) is 5. The molecule has 1 aromatic carbocycles. The van der Waals surface area contributed by atoms with Crippen molar-refractivity contribution in [1.82, 2.24) is 5.32 Å². The van der Waals surface area contributed by atoms with Crippen LogP contribution in [0.3, 0.4) is 0 Å². The fourth-order valence-electron chi connectivity index (χ4n) is 1.86. The van der Waals surface area contributed by atoms with Crippen molar-refractivity contribution in [2.45, 2.75) is 11.8 Å². The minimum absolute atomic E-state index is 0.204. The van der Waals surface area contributed by atoms with Crippen molar-refractivity contribution >= 4 is 29.2 Å². The highest BCUT2D eigenvalue weighted by Gasteiger charge is 2.15. The molecular formula is C12H16N2O2S2. The number of nitrogens with one attached hydrogen (secondary N) is 1. The Hall–Kier alpha value is -0.720. The average Bonchev–Trinajstić information content (AvgIpc) is 2.40. The van der Waals surface area contributed by atoms with E-state index in [0.29, 0.717) is 11.8 Å². The summed E-state index contributed by atoms with van der Waals surface area (Å²) in [4.78, 5) is 10.5. The SMILES string of the molecule is O=[N+]([O-])c1ccccc1CNCC1CSCCS1. The summed E-state index contributed by atoms with van der Waals surface area (Å²) < 4.78 is 0. The fraction of sp³-hybridized carbons (Fsp3) is 0.500. The number of rotatable bonds is 5. The predicted molar refractivity (Wildman–Crippen MR) is 78.4 cm³/mol. The topological polar surface area (TPSA) is 55.2 Å². The number of thioether (sulfide) groups is 2. The van der Waals surface area contributed by atoms with Crippen molar-refractivity contribution in [2.75, 3.05) is 23.8 Å². The molecule has 6 heteroatoms. The van der Waals surface area contributed by atoms with Crippen LogP contribution >= 0.6 is 23.5 Å². The predicted octanol–water partition coefficient (Wildman–Crippen LogP) is 2.53. The van der Waals surface area contributed by atoms with Crippen LogP contribution in [0.15, 0.2) is 24.3 Å². The number of para-hydroxylation sites is 1. The first-order chi connectivity index (χ1) is 8.77. The van der Waals surface area contributed by atoms with Crippen LogP contribution in [0.25, 0.3) is 0 Å². The lowest BCUT2D eigenvalue weighted by atomic mass is 10.2. The van der Waals surface area contributed by atoms with Gasteiger partial charge in [-0.2, -0.15) is 23.5 Å². The molecule has 0 bridgehead atoms. The Morgan fingerprint density at radius 1 is 1.39 bits per heavy atom. The summed E-state index contributed by atoms with van der Waals surface area (Å²) in [5.41, 5.74) is 0.964. The number of nitro benzene ring substituents is 1. The highest BCUT2D eigenvalue weighted by atomic mass is 32.2. The smallest absolute Gasteiger partial charge is 0.273 e. The van der Waals surface area contributed by atoms with E-state index in [2.05, 4.69) is 5.32 Å². The Morgan fingerprint density at radius 2 is 2.22 bits per heavy atom. The average molecular weight is 284 g/mol. The summed E-state index contributed by atoms with van der Waals surface area (Å²) >= 11 is 3.98. The van der Waals surface area contributed by atoms with Crippen molar-refractivity contribution in [2.24, 2.45) is 0 Å². The van der Waals surface area contributed by atoms with Gasteiger partial charge in [0.15, 0.2) is 0 Å². The molecule has 0 radical (unpaired) electrons. The Morgan fingerprint density at radius 3 is 2.94 bits per heavy atom. The zero-order chi connectivity index (χ0) is 12.8. The molecule has 1 unspecified atom stereocenters. The maximum atomic E-state index is 10.9. The van der Waals surface area contributed by atoms with E-state index >= 15 is 0 Å². The molecule has 1 fully saturated rings. The van der Waals surface area contributed by atoms with Crippen molar-refractivity contribution in [1.29, 1.82) is 0 Å². The van der Waals surface area contributed by atoms with Crippen molar-refractivity contribution in [3.63, 3.8) is 0 Å². The van der Waals surface area contributed by atoms with E-state index < -0.39 is 0 Å². The normalized spacial score (nSPS) is 19.7. The second-order valence-corrected chi connectivity index (χ2v) is 6.64. The lowest BCUT2D eigenvalue weighted by Crippen LogP contribution is -2.28. The molecule has 18 heavy (non-hydrogen) atoms. The van der Waals surface area contributed by atoms with Crippen LogP contribution in [0.1, 0.15) is 5.56 Å². The summed E-state index contributed by atoms with van der Waals surface area (Å²) in [6.07, 6.45) is 0. The van der Waals surface area contributed by atoms with Crippen LogP contribution < -0.4 is 5.32 Å². The number of benzene rings is 1. The minimum Gasteiger partial charge on any atom is -0.311 e. The summed E-state index contributed by atoms with van der Waals surface area (Å²) in [7, 11) is 0. The second-order valence-electron chi connectivity index (χ2n) is 4.08. The van der Waals surface area contributed by atoms with Gasteiger partial charge in [-0.05, 0) is 0 Å². The standard InChI is InChI=1S/C12H16N2O2S2/c15-14(16)12-4-2-1-3-10(12)7-13-8-11-9-17-5-6-18-11/h1-4,11,13H,5-9H2. The van der Waals surface area contributed by atoms with Gasteiger partial charge in [0.1, 0.15) is 0 Å². The first-order valence-electron chi connectivity index (χ1n) is 5.89. The third-order valence-corrected chi connectivity index (χ3v) is 5.61. The summed E-state index contributed by atoms with van der Waals surface area (Å²) in [5, 5.41) is 14.8. The van der Waals surface area contributed by atoms with Crippen LogP contribution in [0.2, 0.25) is 0 Å². The lowest BCUT2D eigenvalue weighted by molar-refractivity contribution is -0.385. The van der Waals surface area contributed by atoms with Crippen LogP contribution in [-0.2, 0) is 6.54 Å². The zero-order valence-corrected chi connectivity index (χ0v) is 11.6. The lowest BCUT2D eigenvalue weighted by Gasteiger charge is -2.21. The Kier molecular flexibility index (Phi) is 5.34. The van der Waals surface area contributed by atoms with E-state index in [1.165, 1.54) is 17.3 Å². The van der Waals surface area contributed by atoms with E-state index in [4.69, 9.17) is 0 Å². The van der Waals surface area contributed by atoms with Gasteiger partial charge in [0.2, 0.25) is 0 Å². The van der Waals surface area contributed by atoms with Gasteiger partial charge < -0.3 is 5.32 Å². The fourth-order valence-corrected chi connectivity index (χ4v) is 4.51. The largest absolute Gasteiger partial charge is 0.311 e. The van der Waals surface area contributed by atoms with Gasteiger partial charge in [-0.15, -0.1) is 0 Å². The minimum atomic E-state index is -0.317. The van der Waals surface area contributed by atoms with Crippen LogP contribution in [0.5, 0.6) is 0 Å². The monoisotopic (exact) mass is 284 g/mol. The summed E-state index contributed by atoms with van der Waals surface area (Å²) in [6, 6.07) is 6.92. The maximum absolute atomic E-state index is 10.9. The van der Waals surface area contributed by atoms with Crippen molar-refractivity contribution in [3.8, 4) is 0 Å². The van der Waals surface area contributed by atoms with E-state index in [1.807, 2.05) is 35.7 Å². The van der Waals surface area contributed by atoms with E-state index in [-0.39, 0.29) is 10.6 Å². The molecule has 2 rings (SSSR count). The van der Waals surface area contributed by atoms with Crippen molar-refractivity contribution in [3.05, 3.63) is 39.9 Å². The number of nitrogens with zero attached hydrogens (tertiary/aromatic N) is 1. The van der Waals surface area contributed by atoms with Crippen molar-refractivity contribution < 1.29 is 4.92 Å². The van der Waals surface area contributed by atoms with Gasteiger partial charge in [0.25, 0.3) is 5.69 Å². The number of hydrogen-bond donors (Lipinski definition) is 1. The summed E-state index contributed by atoms with van der Waals surface area (Å²) in [5.74, 6) is 3.63. The maximum Gasteiger partial charge on any atom is 0.273 e. The van der Waals surface area contributed by atoms with E-state index in [9.17, 15) is 10.1 Å². The molecule has 1 aromatic rings. The molecule has 1 saturated heterocycles. The quantitative estimate of drug-likeness (QED) is 0.665. The Labute approximate surface area is 115 Å². The second kappa shape index (κ2) is 7.01. The molecule has 98 valence electrons. The molecule has 4 nitrogen and oxygen atoms in total. The van der Waals surface area contributed by atoms with Gasteiger partial charge in [0, 0.05) is 47.2 Å². The van der Waals surface area contributed by atoms with Gasteiger partial charge in [-0.25, -0.2) is 0 Å². The van der Waals surface area contributed by atoms with Crippen LogP contribution in [0.4, 0.5) is 5.69 Å².